The maximum absolute atomic E-state index is 12.4. The second-order valence-corrected chi connectivity index (χ2v) is 4.46. The third-order valence-electron chi connectivity index (χ3n) is 1.96. The molecular formula is C9H13F2NO4. The van der Waals surface area contributed by atoms with Crippen LogP contribution in [-0.2, 0) is 9.53 Å². The summed E-state index contributed by atoms with van der Waals surface area (Å²) in [5.74, 6) is -1.06. The third-order valence-corrected chi connectivity index (χ3v) is 1.96. The molecule has 0 unspecified atom stereocenters. The van der Waals surface area contributed by atoms with Crippen LogP contribution in [0.4, 0.5) is 13.6 Å². The van der Waals surface area contributed by atoms with Gasteiger partial charge in [-0.3, -0.25) is 4.79 Å². The number of hydrogen-bond donors (Lipinski definition) is 1. The van der Waals surface area contributed by atoms with Crippen molar-refractivity contribution in [2.75, 3.05) is 0 Å². The van der Waals surface area contributed by atoms with E-state index in [1.165, 1.54) is 0 Å². The standard InChI is InChI=1S/C9H13F2NO4/c1-9(2,3)16-8(15)12-4(6(10)11)5(13)7(12)14/h4-6,13H,1-3H3/t4-,5-/m1/s1. The van der Waals surface area contributed by atoms with Gasteiger partial charge in [-0.05, 0) is 20.8 Å². The number of rotatable bonds is 1. The van der Waals surface area contributed by atoms with Gasteiger partial charge in [0.15, 0.2) is 6.10 Å². The van der Waals surface area contributed by atoms with E-state index in [-0.39, 0.29) is 4.90 Å². The Morgan fingerprint density at radius 1 is 1.50 bits per heavy atom. The average molecular weight is 237 g/mol. The lowest BCUT2D eigenvalue weighted by Gasteiger charge is -2.42. The zero-order valence-corrected chi connectivity index (χ0v) is 9.11. The molecule has 0 saturated carbocycles. The van der Waals surface area contributed by atoms with Crippen LogP contribution in [-0.4, -0.2) is 46.2 Å². The number of amides is 2. The first-order valence-corrected chi connectivity index (χ1v) is 4.67. The first-order chi connectivity index (χ1) is 7.15. The molecule has 92 valence electrons. The summed E-state index contributed by atoms with van der Waals surface area (Å²) < 4.78 is 29.5. The number of β-lactam (4-membered cyclic amide) rings is 1. The number of aliphatic hydroxyl groups is 1. The smallest absolute Gasteiger partial charge is 0.417 e. The Morgan fingerprint density at radius 3 is 2.38 bits per heavy atom. The molecule has 1 heterocycles. The van der Waals surface area contributed by atoms with Crippen molar-refractivity contribution in [2.24, 2.45) is 0 Å². The molecule has 7 heteroatoms. The highest BCUT2D eigenvalue weighted by Gasteiger charge is 2.55. The number of imide groups is 1. The highest BCUT2D eigenvalue weighted by molar-refractivity contribution is 6.01. The summed E-state index contributed by atoms with van der Waals surface area (Å²) in [6.45, 7) is 4.63. The summed E-state index contributed by atoms with van der Waals surface area (Å²) >= 11 is 0. The van der Waals surface area contributed by atoms with Crippen LogP contribution < -0.4 is 0 Å². The van der Waals surface area contributed by atoms with Gasteiger partial charge >= 0.3 is 6.09 Å². The molecule has 1 rings (SSSR count). The predicted molar refractivity (Wildman–Crippen MR) is 48.9 cm³/mol. The number of carbonyl (C=O) groups is 2. The van der Waals surface area contributed by atoms with Crippen LogP contribution in [0.5, 0.6) is 0 Å². The van der Waals surface area contributed by atoms with Crippen molar-refractivity contribution in [3.63, 3.8) is 0 Å². The minimum absolute atomic E-state index is 0.251. The molecule has 2 atom stereocenters. The number of ether oxygens (including phenoxy) is 1. The van der Waals surface area contributed by atoms with Gasteiger partial charge in [-0.2, -0.15) is 0 Å². The number of aliphatic hydroxyl groups excluding tert-OH is 1. The molecule has 1 fully saturated rings. The van der Waals surface area contributed by atoms with Crippen LogP contribution in [0.1, 0.15) is 20.8 Å². The molecular weight excluding hydrogens is 224 g/mol. The fourth-order valence-electron chi connectivity index (χ4n) is 1.27. The van der Waals surface area contributed by atoms with E-state index in [2.05, 4.69) is 0 Å². The summed E-state index contributed by atoms with van der Waals surface area (Å²) in [7, 11) is 0. The lowest BCUT2D eigenvalue weighted by molar-refractivity contribution is -0.175. The zero-order valence-electron chi connectivity index (χ0n) is 9.11. The van der Waals surface area contributed by atoms with Gasteiger partial charge in [0.25, 0.3) is 12.3 Å². The van der Waals surface area contributed by atoms with Gasteiger partial charge in [0, 0.05) is 0 Å². The van der Waals surface area contributed by atoms with E-state index < -0.39 is 36.2 Å². The van der Waals surface area contributed by atoms with Crippen molar-refractivity contribution in [2.45, 2.75) is 44.9 Å². The fourth-order valence-corrected chi connectivity index (χ4v) is 1.27. The highest BCUT2D eigenvalue weighted by atomic mass is 19.3. The molecule has 0 aromatic heterocycles. The first-order valence-electron chi connectivity index (χ1n) is 4.67. The fraction of sp³-hybridized carbons (Fsp3) is 0.778. The molecule has 0 aromatic rings. The van der Waals surface area contributed by atoms with Crippen molar-refractivity contribution < 1.29 is 28.2 Å². The summed E-state index contributed by atoms with van der Waals surface area (Å²) in [5.41, 5.74) is -0.884. The predicted octanol–water partition coefficient (Wildman–Crippen LogP) is 0.758. The Kier molecular flexibility index (Phi) is 3.18. The summed E-state index contributed by atoms with van der Waals surface area (Å²) in [6.07, 6.45) is -5.97. The Labute approximate surface area is 91.0 Å². The van der Waals surface area contributed by atoms with Crippen LogP contribution in [0, 0.1) is 0 Å². The van der Waals surface area contributed by atoms with E-state index in [1.807, 2.05) is 0 Å². The largest absolute Gasteiger partial charge is 0.443 e. The number of likely N-dealkylation sites (tertiary alicyclic amines) is 1. The van der Waals surface area contributed by atoms with Crippen molar-refractivity contribution in [1.29, 1.82) is 0 Å². The lowest BCUT2D eigenvalue weighted by Crippen LogP contribution is -2.69. The molecule has 1 saturated heterocycles. The summed E-state index contributed by atoms with van der Waals surface area (Å²) in [6, 6.07) is -1.80. The molecule has 5 nitrogen and oxygen atoms in total. The summed E-state index contributed by atoms with van der Waals surface area (Å²) in [4.78, 5) is 22.6. The van der Waals surface area contributed by atoms with E-state index in [0.717, 1.165) is 0 Å². The monoisotopic (exact) mass is 237 g/mol. The van der Waals surface area contributed by atoms with Crippen LogP contribution in [0.3, 0.4) is 0 Å². The maximum Gasteiger partial charge on any atom is 0.417 e. The van der Waals surface area contributed by atoms with Gasteiger partial charge in [0.1, 0.15) is 11.6 Å². The third kappa shape index (κ3) is 2.29. The molecule has 1 N–H and O–H groups in total. The molecule has 0 radical (unpaired) electrons. The Bertz CT molecular complexity index is 313. The van der Waals surface area contributed by atoms with E-state index in [0.29, 0.717) is 0 Å². The molecule has 0 spiro atoms. The minimum Gasteiger partial charge on any atom is -0.443 e. The number of hydrogen-bond acceptors (Lipinski definition) is 4. The van der Waals surface area contributed by atoms with Gasteiger partial charge in [0.05, 0.1) is 0 Å². The quantitative estimate of drug-likeness (QED) is 0.684. The molecule has 1 aliphatic rings. The molecule has 2 amide bonds. The van der Waals surface area contributed by atoms with Crippen LogP contribution >= 0.6 is 0 Å². The normalized spacial score (nSPS) is 25.7. The number of nitrogens with zero attached hydrogens (tertiary/aromatic N) is 1. The Balaban J connectivity index is 2.73. The van der Waals surface area contributed by atoms with Gasteiger partial charge < -0.3 is 9.84 Å². The molecule has 0 aromatic carbocycles. The zero-order chi connectivity index (χ0) is 12.7. The van der Waals surface area contributed by atoms with Crippen LogP contribution in [0.25, 0.3) is 0 Å². The van der Waals surface area contributed by atoms with Gasteiger partial charge in [-0.15, -0.1) is 0 Å². The molecule has 0 bridgehead atoms. The van der Waals surface area contributed by atoms with E-state index in [1.54, 1.807) is 20.8 Å². The van der Waals surface area contributed by atoms with Crippen molar-refractivity contribution >= 4 is 12.0 Å². The summed E-state index contributed by atoms with van der Waals surface area (Å²) in [5, 5.41) is 8.99. The Hall–Kier alpha value is -1.24. The van der Waals surface area contributed by atoms with Crippen molar-refractivity contribution in [1.82, 2.24) is 4.90 Å². The van der Waals surface area contributed by atoms with Gasteiger partial charge in [-0.25, -0.2) is 18.5 Å². The van der Waals surface area contributed by atoms with Crippen molar-refractivity contribution in [3.05, 3.63) is 0 Å². The van der Waals surface area contributed by atoms with E-state index in [4.69, 9.17) is 9.84 Å². The topological polar surface area (TPSA) is 66.8 Å². The highest BCUT2D eigenvalue weighted by Crippen LogP contribution is 2.27. The van der Waals surface area contributed by atoms with E-state index >= 15 is 0 Å². The number of halogens is 2. The van der Waals surface area contributed by atoms with Crippen molar-refractivity contribution in [3.8, 4) is 0 Å². The van der Waals surface area contributed by atoms with Crippen LogP contribution in [0.2, 0.25) is 0 Å². The van der Waals surface area contributed by atoms with Crippen LogP contribution in [0.15, 0.2) is 0 Å². The number of alkyl halides is 2. The van der Waals surface area contributed by atoms with Gasteiger partial charge in [0.2, 0.25) is 0 Å². The maximum atomic E-state index is 12.4. The molecule has 0 aliphatic carbocycles. The first kappa shape index (κ1) is 12.8. The second kappa shape index (κ2) is 3.97. The number of carbonyl (C=O) groups excluding carboxylic acids is 2. The van der Waals surface area contributed by atoms with Gasteiger partial charge in [-0.1, -0.05) is 0 Å². The SMILES string of the molecule is CC(C)(C)OC(=O)N1C(=O)[C@H](O)[C@@H]1C(F)F. The minimum atomic E-state index is -2.99. The van der Waals surface area contributed by atoms with E-state index in [9.17, 15) is 18.4 Å². The second-order valence-electron chi connectivity index (χ2n) is 4.46. The molecule has 1 aliphatic heterocycles. The lowest BCUT2D eigenvalue weighted by atomic mass is 9.99. The Morgan fingerprint density at radius 2 is 2.00 bits per heavy atom. The molecule has 16 heavy (non-hydrogen) atoms. The average Bonchev–Trinajstić information content (AvgIpc) is 2.08.